The number of aromatic nitrogens is 4. The number of rotatable bonds is 4. The standard InChI is InChI=1S/C11H11ClN6O/c1-7(13)11(19)14-5-8-4-9(12)2-3-10(8)18-6-15-16-17-18/h2-4,6H,1,5,13H2,(H,14,19). The van der Waals surface area contributed by atoms with Crippen LogP contribution in [0.4, 0.5) is 0 Å². The number of hydrogen-bond acceptors (Lipinski definition) is 5. The van der Waals surface area contributed by atoms with Gasteiger partial charge in [-0.25, -0.2) is 4.68 Å². The van der Waals surface area contributed by atoms with Gasteiger partial charge in [-0.15, -0.1) is 5.10 Å². The number of nitrogens with one attached hydrogen (secondary N) is 1. The number of halogens is 1. The lowest BCUT2D eigenvalue weighted by Crippen LogP contribution is -2.27. The average molecular weight is 279 g/mol. The van der Waals surface area contributed by atoms with Gasteiger partial charge in [0.15, 0.2) is 0 Å². The van der Waals surface area contributed by atoms with Gasteiger partial charge in [-0.2, -0.15) is 0 Å². The highest BCUT2D eigenvalue weighted by atomic mass is 35.5. The van der Waals surface area contributed by atoms with Gasteiger partial charge >= 0.3 is 0 Å². The van der Waals surface area contributed by atoms with E-state index < -0.39 is 5.91 Å². The average Bonchev–Trinajstić information content (AvgIpc) is 2.89. The Kier molecular flexibility index (Phi) is 3.76. The molecule has 0 fully saturated rings. The minimum absolute atomic E-state index is 0.0500. The number of amides is 1. The van der Waals surface area contributed by atoms with Crippen LogP contribution >= 0.6 is 11.6 Å². The third-order valence-corrected chi connectivity index (χ3v) is 2.60. The second kappa shape index (κ2) is 5.49. The second-order valence-corrected chi connectivity index (χ2v) is 4.17. The van der Waals surface area contributed by atoms with Crippen molar-refractivity contribution in [1.82, 2.24) is 25.5 Å². The number of nitrogens with two attached hydrogens (primary N) is 1. The lowest BCUT2D eigenvalue weighted by atomic mass is 10.1. The molecule has 0 bridgehead atoms. The lowest BCUT2D eigenvalue weighted by Gasteiger charge is -2.10. The molecule has 0 saturated carbocycles. The summed E-state index contributed by atoms with van der Waals surface area (Å²) in [5.41, 5.74) is 6.72. The molecule has 1 amide bonds. The maximum Gasteiger partial charge on any atom is 0.266 e. The molecule has 98 valence electrons. The first-order valence-corrected chi connectivity index (χ1v) is 5.70. The third kappa shape index (κ3) is 3.08. The first-order chi connectivity index (χ1) is 9.08. The molecule has 1 aromatic heterocycles. The largest absolute Gasteiger partial charge is 0.395 e. The number of carbonyl (C=O) groups excluding carboxylic acids is 1. The van der Waals surface area contributed by atoms with Crippen molar-refractivity contribution in [2.24, 2.45) is 5.73 Å². The summed E-state index contributed by atoms with van der Waals surface area (Å²) in [5, 5.41) is 14.1. The summed E-state index contributed by atoms with van der Waals surface area (Å²) in [4.78, 5) is 11.4. The lowest BCUT2D eigenvalue weighted by molar-refractivity contribution is -0.117. The van der Waals surface area contributed by atoms with Gasteiger partial charge in [0.2, 0.25) is 0 Å². The molecule has 19 heavy (non-hydrogen) atoms. The molecule has 0 saturated heterocycles. The smallest absolute Gasteiger partial charge is 0.266 e. The summed E-state index contributed by atoms with van der Waals surface area (Å²) >= 11 is 5.94. The molecular weight excluding hydrogens is 268 g/mol. The highest BCUT2D eigenvalue weighted by molar-refractivity contribution is 6.30. The van der Waals surface area contributed by atoms with Crippen molar-refractivity contribution in [1.29, 1.82) is 0 Å². The Morgan fingerprint density at radius 3 is 2.95 bits per heavy atom. The van der Waals surface area contributed by atoms with E-state index >= 15 is 0 Å². The van der Waals surface area contributed by atoms with Crippen LogP contribution in [0.3, 0.4) is 0 Å². The number of carbonyl (C=O) groups is 1. The molecule has 0 radical (unpaired) electrons. The molecule has 0 spiro atoms. The molecule has 8 heteroatoms. The van der Waals surface area contributed by atoms with Gasteiger partial charge < -0.3 is 11.1 Å². The predicted octanol–water partition coefficient (Wildman–Crippen LogP) is 0.404. The molecule has 0 aliphatic rings. The zero-order valence-electron chi connectivity index (χ0n) is 9.88. The van der Waals surface area contributed by atoms with E-state index in [4.69, 9.17) is 17.3 Å². The third-order valence-electron chi connectivity index (χ3n) is 2.37. The molecule has 0 unspecified atom stereocenters. The van der Waals surface area contributed by atoms with E-state index in [0.29, 0.717) is 5.02 Å². The van der Waals surface area contributed by atoms with Crippen LogP contribution in [-0.4, -0.2) is 26.1 Å². The minimum Gasteiger partial charge on any atom is -0.395 e. The van der Waals surface area contributed by atoms with Crippen LogP contribution in [-0.2, 0) is 11.3 Å². The van der Waals surface area contributed by atoms with Crippen molar-refractivity contribution in [2.45, 2.75) is 6.54 Å². The molecule has 1 heterocycles. The Morgan fingerprint density at radius 2 is 2.32 bits per heavy atom. The van der Waals surface area contributed by atoms with Crippen molar-refractivity contribution in [3.8, 4) is 5.69 Å². The molecule has 0 aliphatic carbocycles. The Bertz CT molecular complexity index is 610. The van der Waals surface area contributed by atoms with Crippen LogP contribution in [0.25, 0.3) is 5.69 Å². The Labute approximate surface area is 114 Å². The summed E-state index contributed by atoms with van der Waals surface area (Å²) in [5.74, 6) is -0.428. The number of benzene rings is 1. The van der Waals surface area contributed by atoms with Crippen molar-refractivity contribution in [3.63, 3.8) is 0 Å². The van der Waals surface area contributed by atoms with E-state index in [1.807, 2.05) is 0 Å². The first-order valence-electron chi connectivity index (χ1n) is 5.32. The van der Waals surface area contributed by atoms with Crippen LogP contribution < -0.4 is 11.1 Å². The van der Waals surface area contributed by atoms with E-state index in [-0.39, 0.29) is 12.2 Å². The molecule has 0 aliphatic heterocycles. The fourth-order valence-corrected chi connectivity index (χ4v) is 1.67. The molecule has 3 N–H and O–H groups in total. The zero-order valence-corrected chi connectivity index (χ0v) is 10.6. The number of hydrogen-bond donors (Lipinski definition) is 2. The Morgan fingerprint density at radius 1 is 1.53 bits per heavy atom. The van der Waals surface area contributed by atoms with E-state index in [1.165, 1.54) is 11.0 Å². The predicted molar refractivity (Wildman–Crippen MR) is 69.3 cm³/mol. The monoisotopic (exact) mass is 278 g/mol. The maximum absolute atomic E-state index is 11.4. The van der Waals surface area contributed by atoms with E-state index in [1.54, 1.807) is 18.2 Å². The topological polar surface area (TPSA) is 98.7 Å². The fraction of sp³-hybridized carbons (Fsp3) is 0.0909. The molecule has 2 aromatic rings. The van der Waals surface area contributed by atoms with Crippen LogP contribution in [0.2, 0.25) is 5.02 Å². The highest BCUT2D eigenvalue weighted by Gasteiger charge is 2.09. The highest BCUT2D eigenvalue weighted by Crippen LogP contribution is 2.18. The Balaban J connectivity index is 2.26. The summed E-state index contributed by atoms with van der Waals surface area (Å²) < 4.78 is 1.48. The maximum atomic E-state index is 11.4. The van der Waals surface area contributed by atoms with Crippen LogP contribution in [0.1, 0.15) is 5.56 Å². The zero-order chi connectivity index (χ0) is 13.8. The fourth-order valence-electron chi connectivity index (χ4n) is 1.48. The Hall–Kier alpha value is -2.41. The summed E-state index contributed by atoms with van der Waals surface area (Å²) in [6.07, 6.45) is 1.45. The van der Waals surface area contributed by atoms with E-state index in [0.717, 1.165) is 11.3 Å². The van der Waals surface area contributed by atoms with Crippen molar-refractivity contribution >= 4 is 17.5 Å². The van der Waals surface area contributed by atoms with Gasteiger partial charge in [0.25, 0.3) is 5.91 Å². The van der Waals surface area contributed by atoms with Crippen molar-refractivity contribution in [2.75, 3.05) is 0 Å². The van der Waals surface area contributed by atoms with E-state index in [9.17, 15) is 4.79 Å². The number of nitrogens with zero attached hydrogens (tertiary/aromatic N) is 4. The van der Waals surface area contributed by atoms with Gasteiger partial charge in [-0.05, 0) is 34.2 Å². The van der Waals surface area contributed by atoms with Gasteiger partial charge in [0.1, 0.15) is 6.33 Å². The summed E-state index contributed by atoms with van der Waals surface area (Å²) in [7, 11) is 0. The van der Waals surface area contributed by atoms with Crippen molar-refractivity contribution < 1.29 is 4.79 Å². The SMILES string of the molecule is C=C(N)C(=O)NCc1cc(Cl)ccc1-n1cnnn1. The first kappa shape index (κ1) is 13.0. The second-order valence-electron chi connectivity index (χ2n) is 3.74. The van der Waals surface area contributed by atoms with E-state index in [2.05, 4.69) is 27.4 Å². The molecular formula is C11H11ClN6O. The summed E-state index contributed by atoms with van der Waals surface area (Å²) in [6, 6.07) is 5.20. The van der Waals surface area contributed by atoms with Crippen molar-refractivity contribution in [3.05, 3.63) is 47.4 Å². The van der Waals surface area contributed by atoms with Crippen LogP contribution in [0.5, 0.6) is 0 Å². The summed E-state index contributed by atoms with van der Waals surface area (Å²) in [6.45, 7) is 3.60. The molecule has 7 nitrogen and oxygen atoms in total. The quantitative estimate of drug-likeness (QED) is 0.789. The number of tetrazole rings is 1. The van der Waals surface area contributed by atoms with Crippen LogP contribution in [0.15, 0.2) is 36.8 Å². The normalized spacial score (nSPS) is 10.2. The molecule has 2 rings (SSSR count). The minimum atomic E-state index is -0.428. The molecule has 0 atom stereocenters. The van der Waals surface area contributed by atoms with Crippen LogP contribution in [0, 0.1) is 0 Å². The molecule has 1 aromatic carbocycles. The van der Waals surface area contributed by atoms with Gasteiger partial charge in [-0.3, -0.25) is 4.79 Å². The van der Waals surface area contributed by atoms with Gasteiger partial charge in [-0.1, -0.05) is 18.2 Å². The van der Waals surface area contributed by atoms with Gasteiger partial charge in [0.05, 0.1) is 11.4 Å². The van der Waals surface area contributed by atoms with Gasteiger partial charge in [0, 0.05) is 11.6 Å².